The van der Waals surface area contributed by atoms with Gasteiger partial charge in [0.05, 0.1) is 16.3 Å². The van der Waals surface area contributed by atoms with E-state index in [0.29, 0.717) is 10.2 Å². The van der Waals surface area contributed by atoms with Crippen molar-refractivity contribution in [2.24, 2.45) is 0 Å². The molecule has 2 aromatic carbocycles. The molecule has 3 nitrogen and oxygen atoms in total. The normalized spacial score (nSPS) is 10.3. The molecule has 3 N–H and O–H groups in total. The van der Waals surface area contributed by atoms with E-state index < -0.39 is 11.7 Å². The number of amides is 1. The zero-order valence-electron chi connectivity index (χ0n) is 9.58. The van der Waals surface area contributed by atoms with Gasteiger partial charge in [0.15, 0.2) is 0 Å². The number of nitrogens with two attached hydrogens (primary N) is 1. The Morgan fingerprint density at radius 3 is 2.63 bits per heavy atom. The van der Waals surface area contributed by atoms with Gasteiger partial charge < -0.3 is 11.1 Å². The lowest BCUT2D eigenvalue weighted by Gasteiger charge is -2.08. The number of hydrogen-bond acceptors (Lipinski definition) is 2. The summed E-state index contributed by atoms with van der Waals surface area (Å²) in [7, 11) is 0. The minimum atomic E-state index is -0.533. The fourth-order valence-corrected chi connectivity index (χ4v) is 2.10. The highest BCUT2D eigenvalue weighted by Gasteiger charge is 2.12. The van der Waals surface area contributed by atoms with Crippen molar-refractivity contribution < 1.29 is 9.18 Å². The molecule has 0 spiro atoms. The summed E-state index contributed by atoms with van der Waals surface area (Å²) >= 11 is 9.05. The molecule has 1 amide bonds. The van der Waals surface area contributed by atoms with Gasteiger partial charge in [0, 0.05) is 10.2 Å². The third kappa shape index (κ3) is 3.24. The second kappa shape index (κ2) is 5.59. The van der Waals surface area contributed by atoms with Gasteiger partial charge in [0.2, 0.25) is 0 Å². The van der Waals surface area contributed by atoms with Crippen molar-refractivity contribution in [2.75, 3.05) is 11.1 Å². The molecule has 0 aliphatic heterocycles. The van der Waals surface area contributed by atoms with E-state index in [1.807, 2.05) is 0 Å². The predicted octanol–water partition coefficient (Wildman–Crippen LogP) is 4.08. The van der Waals surface area contributed by atoms with Gasteiger partial charge in [-0.2, -0.15) is 0 Å². The monoisotopic (exact) mass is 342 g/mol. The van der Waals surface area contributed by atoms with Crippen LogP contribution in [-0.4, -0.2) is 5.91 Å². The Kier molecular flexibility index (Phi) is 4.07. The summed E-state index contributed by atoms with van der Waals surface area (Å²) in [6.07, 6.45) is 0. The molecule has 0 aliphatic rings. The van der Waals surface area contributed by atoms with E-state index in [9.17, 15) is 9.18 Å². The summed E-state index contributed by atoms with van der Waals surface area (Å²) in [5.41, 5.74) is 6.31. The summed E-state index contributed by atoms with van der Waals surface area (Å²) in [6, 6.07) is 8.86. The molecular weight excluding hydrogens is 335 g/mol. The number of carbonyl (C=O) groups is 1. The molecule has 2 rings (SSSR count). The Bertz CT molecular complexity index is 649. The summed E-state index contributed by atoms with van der Waals surface area (Å²) < 4.78 is 14.2. The van der Waals surface area contributed by atoms with Crippen molar-refractivity contribution in [1.29, 1.82) is 0 Å². The van der Waals surface area contributed by atoms with E-state index in [-0.39, 0.29) is 16.3 Å². The Morgan fingerprint density at radius 2 is 2.00 bits per heavy atom. The van der Waals surface area contributed by atoms with E-state index >= 15 is 0 Å². The van der Waals surface area contributed by atoms with Crippen LogP contribution in [0.3, 0.4) is 0 Å². The SMILES string of the molecule is Nc1ccc(C(=O)Nc2ccc(Br)cc2F)c(Cl)c1. The molecule has 0 atom stereocenters. The number of benzene rings is 2. The van der Waals surface area contributed by atoms with Crippen LogP contribution in [0.25, 0.3) is 0 Å². The average Bonchev–Trinajstić information content (AvgIpc) is 2.32. The maximum absolute atomic E-state index is 13.6. The maximum atomic E-state index is 13.6. The van der Waals surface area contributed by atoms with Crippen molar-refractivity contribution >= 4 is 44.8 Å². The predicted molar refractivity (Wildman–Crippen MR) is 77.9 cm³/mol. The lowest BCUT2D eigenvalue weighted by Crippen LogP contribution is -2.13. The van der Waals surface area contributed by atoms with Gasteiger partial charge in [-0.15, -0.1) is 0 Å². The molecule has 0 radical (unpaired) electrons. The van der Waals surface area contributed by atoms with Crippen molar-refractivity contribution in [3.05, 3.63) is 57.3 Å². The molecule has 0 aromatic heterocycles. The Balaban J connectivity index is 2.25. The molecule has 98 valence electrons. The first kappa shape index (κ1) is 13.8. The van der Waals surface area contributed by atoms with E-state index in [2.05, 4.69) is 21.2 Å². The number of nitrogen functional groups attached to an aromatic ring is 1. The number of halogens is 3. The second-order valence-electron chi connectivity index (χ2n) is 3.82. The lowest BCUT2D eigenvalue weighted by atomic mass is 10.2. The zero-order valence-corrected chi connectivity index (χ0v) is 11.9. The molecule has 0 saturated heterocycles. The van der Waals surface area contributed by atoms with Crippen molar-refractivity contribution in [1.82, 2.24) is 0 Å². The molecule has 0 bridgehead atoms. The van der Waals surface area contributed by atoms with E-state index in [1.54, 1.807) is 12.1 Å². The van der Waals surface area contributed by atoms with Crippen LogP contribution in [0.5, 0.6) is 0 Å². The Hall–Kier alpha value is -1.59. The molecule has 0 unspecified atom stereocenters. The minimum Gasteiger partial charge on any atom is -0.399 e. The average molecular weight is 344 g/mol. The van der Waals surface area contributed by atoms with Crippen LogP contribution in [0.4, 0.5) is 15.8 Å². The molecule has 0 fully saturated rings. The summed E-state index contributed by atoms with van der Waals surface area (Å²) in [5, 5.41) is 2.67. The van der Waals surface area contributed by atoms with E-state index in [4.69, 9.17) is 17.3 Å². The van der Waals surface area contributed by atoms with Crippen LogP contribution in [0.1, 0.15) is 10.4 Å². The van der Waals surface area contributed by atoms with Crippen molar-refractivity contribution in [2.45, 2.75) is 0 Å². The van der Waals surface area contributed by atoms with Crippen LogP contribution < -0.4 is 11.1 Å². The highest BCUT2D eigenvalue weighted by Crippen LogP contribution is 2.23. The molecular formula is C13H9BrClFN2O. The topological polar surface area (TPSA) is 55.1 Å². The molecule has 0 saturated carbocycles. The first-order valence-electron chi connectivity index (χ1n) is 5.29. The maximum Gasteiger partial charge on any atom is 0.257 e. The molecule has 2 aromatic rings. The third-order valence-corrected chi connectivity index (χ3v) is 3.22. The van der Waals surface area contributed by atoms with Gasteiger partial charge in [-0.3, -0.25) is 4.79 Å². The van der Waals surface area contributed by atoms with Gasteiger partial charge in [0.25, 0.3) is 5.91 Å². The first-order chi connectivity index (χ1) is 8.97. The Morgan fingerprint density at radius 1 is 1.26 bits per heavy atom. The number of hydrogen-bond donors (Lipinski definition) is 2. The third-order valence-electron chi connectivity index (χ3n) is 2.42. The number of rotatable bonds is 2. The van der Waals surface area contributed by atoms with Gasteiger partial charge in [-0.25, -0.2) is 4.39 Å². The standard InChI is InChI=1S/C13H9BrClFN2O/c14-7-1-4-12(11(16)5-7)18-13(19)9-3-2-8(17)6-10(9)15/h1-6H,17H2,(H,18,19). The molecule has 19 heavy (non-hydrogen) atoms. The Labute approximate surface area is 122 Å². The fourth-order valence-electron chi connectivity index (χ4n) is 1.50. The van der Waals surface area contributed by atoms with Gasteiger partial charge in [-0.1, -0.05) is 27.5 Å². The van der Waals surface area contributed by atoms with Crippen molar-refractivity contribution in [3.8, 4) is 0 Å². The van der Waals surface area contributed by atoms with Gasteiger partial charge in [0.1, 0.15) is 5.82 Å². The molecule has 0 aliphatic carbocycles. The van der Waals surface area contributed by atoms with E-state index in [1.165, 1.54) is 24.3 Å². The van der Waals surface area contributed by atoms with Crippen molar-refractivity contribution in [3.63, 3.8) is 0 Å². The largest absolute Gasteiger partial charge is 0.399 e. The second-order valence-corrected chi connectivity index (χ2v) is 5.14. The summed E-state index contributed by atoms with van der Waals surface area (Å²) in [4.78, 5) is 12.0. The van der Waals surface area contributed by atoms with Gasteiger partial charge in [-0.05, 0) is 36.4 Å². The van der Waals surface area contributed by atoms with Gasteiger partial charge >= 0.3 is 0 Å². The highest BCUT2D eigenvalue weighted by molar-refractivity contribution is 9.10. The smallest absolute Gasteiger partial charge is 0.257 e. The quantitative estimate of drug-likeness (QED) is 0.807. The van der Waals surface area contributed by atoms with Crippen LogP contribution in [0, 0.1) is 5.82 Å². The molecule has 0 heterocycles. The van der Waals surface area contributed by atoms with Crippen LogP contribution >= 0.6 is 27.5 Å². The fraction of sp³-hybridized carbons (Fsp3) is 0. The minimum absolute atomic E-state index is 0.0843. The van der Waals surface area contributed by atoms with Crippen LogP contribution in [-0.2, 0) is 0 Å². The summed E-state index contributed by atoms with van der Waals surface area (Å²) in [6.45, 7) is 0. The zero-order chi connectivity index (χ0) is 14.0. The molecule has 6 heteroatoms. The number of carbonyl (C=O) groups excluding carboxylic acids is 1. The highest BCUT2D eigenvalue weighted by atomic mass is 79.9. The van der Waals surface area contributed by atoms with Crippen LogP contribution in [0.2, 0.25) is 5.02 Å². The van der Waals surface area contributed by atoms with Crippen LogP contribution in [0.15, 0.2) is 40.9 Å². The number of anilines is 2. The summed E-state index contributed by atoms with van der Waals surface area (Å²) in [5.74, 6) is -1.03. The number of nitrogens with one attached hydrogen (secondary N) is 1. The first-order valence-corrected chi connectivity index (χ1v) is 6.46. The lowest BCUT2D eigenvalue weighted by molar-refractivity contribution is 0.102. The van der Waals surface area contributed by atoms with E-state index in [0.717, 1.165) is 0 Å².